The molecule has 2 aliphatic heterocycles. The summed E-state index contributed by atoms with van der Waals surface area (Å²) >= 11 is 0. The van der Waals surface area contributed by atoms with Crippen LogP contribution in [0.5, 0.6) is 0 Å². The van der Waals surface area contributed by atoms with Crippen molar-refractivity contribution in [3.05, 3.63) is 65.2 Å². The third-order valence-corrected chi connectivity index (χ3v) is 8.92. The Balaban J connectivity index is 1.23. The normalized spacial score (nSPS) is 24.2. The van der Waals surface area contributed by atoms with E-state index in [0.29, 0.717) is 39.0 Å². The topological polar surface area (TPSA) is 90.0 Å². The zero-order valence-corrected chi connectivity index (χ0v) is 19.5. The third kappa shape index (κ3) is 3.94. The summed E-state index contributed by atoms with van der Waals surface area (Å²) in [6.45, 7) is 3.64. The molecule has 1 N–H and O–H groups in total. The molecular formula is C24H28N4O4S. The number of amides is 3. The van der Waals surface area contributed by atoms with Crippen molar-refractivity contribution >= 4 is 22.0 Å². The highest BCUT2D eigenvalue weighted by atomic mass is 32.2. The molecule has 3 aliphatic rings. The van der Waals surface area contributed by atoms with Crippen LogP contribution in [-0.4, -0.2) is 72.8 Å². The molecule has 8 nitrogen and oxygen atoms in total. The number of rotatable bonds is 4. The van der Waals surface area contributed by atoms with Crippen molar-refractivity contribution < 1.29 is 18.0 Å². The molecule has 9 heteroatoms. The van der Waals surface area contributed by atoms with Crippen LogP contribution in [0.25, 0.3) is 0 Å². The van der Waals surface area contributed by atoms with Crippen molar-refractivity contribution in [2.75, 3.05) is 32.8 Å². The molecule has 33 heavy (non-hydrogen) atoms. The van der Waals surface area contributed by atoms with Gasteiger partial charge < -0.3 is 5.32 Å². The fraction of sp³-hybridized carbons (Fsp3) is 0.417. The van der Waals surface area contributed by atoms with Gasteiger partial charge in [-0.2, -0.15) is 4.31 Å². The number of carbonyl (C=O) groups is 2. The van der Waals surface area contributed by atoms with Gasteiger partial charge in [-0.1, -0.05) is 42.0 Å². The Labute approximate surface area is 194 Å². The third-order valence-electron chi connectivity index (χ3n) is 7.01. The lowest BCUT2D eigenvalue weighted by atomic mass is 9.78. The van der Waals surface area contributed by atoms with Crippen LogP contribution < -0.4 is 5.32 Å². The fourth-order valence-corrected chi connectivity index (χ4v) is 6.42. The first-order valence-corrected chi connectivity index (χ1v) is 12.7. The SMILES string of the molecule is Cc1ccc(S(=O)(=O)N2CCN(CN3C(=O)NC4(CCc5ccccc5C4)C3=O)CC2)cc1. The van der Waals surface area contributed by atoms with Crippen LogP contribution >= 0.6 is 0 Å². The van der Waals surface area contributed by atoms with Crippen molar-refractivity contribution in [2.24, 2.45) is 0 Å². The van der Waals surface area contributed by atoms with E-state index >= 15 is 0 Å². The molecule has 0 aromatic heterocycles. The Hall–Kier alpha value is -2.75. The molecule has 1 unspecified atom stereocenters. The zero-order valence-electron chi connectivity index (χ0n) is 18.7. The van der Waals surface area contributed by atoms with Gasteiger partial charge in [-0.05, 0) is 43.0 Å². The predicted molar refractivity (Wildman–Crippen MR) is 123 cm³/mol. The molecule has 1 spiro atoms. The van der Waals surface area contributed by atoms with Crippen LogP contribution in [0.1, 0.15) is 23.1 Å². The number of carbonyl (C=O) groups excluding carboxylic acids is 2. The number of piperazine rings is 1. The van der Waals surface area contributed by atoms with Gasteiger partial charge in [0.2, 0.25) is 10.0 Å². The predicted octanol–water partition coefficient (Wildman–Crippen LogP) is 1.74. The highest BCUT2D eigenvalue weighted by molar-refractivity contribution is 7.89. The van der Waals surface area contributed by atoms with E-state index in [2.05, 4.69) is 11.4 Å². The van der Waals surface area contributed by atoms with Crippen molar-refractivity contribution in [1.82, 2.24) is 19.4 Å². The molecule has 174 valence electrons. The summed E-state index contributed by atoms with van der Waals surface area (Å²) in [5.41, 5.74) is 2.47. The van der Waals surface area contributed by atoms with E-state index in [9.17, 15) is 18.0 Å². The second-order valence-corrected chi connectivity index (χ2v) is 11.1. The number of nitrogens with one attached hydrogen (secondary N) is 1. The van der Waals surface area contributed by atoms with Crippen LogP contribution in [0.2, 0.25) is 0 Å². The van der Waals surface area contributed by atoms with Gasteiger partial charge in [-0.25, -0.2) is 18.1 Å². The van der Waals surface area contributed by atoms with Crippen molar-refractivity contribution in [3.63, 3.8) is 0 Å². The van der Waals surface area contributed by atoms with E-state index < -0.39 is 15.6 Å². The largest absolute Gasteiger partial charge is 0.326 e. The monoisotopic (exact) mass is 468 g/mol. The summed E-state index contributed by atoms with van der Waals surface area (Å²) in [7, 11) is -3.55. The second kappa shape index (κ2) is 8.23. The minimum atomic E-state index is -3.55. The molecule has 2 heterocycles. The molecule has 0 bridgehead atoms. The number of hydrogen-bond acceptors (Lipinski definition) is 5. The second-order valence-electron chi connectivity index (χ2n) is 9.17. The quantitative estimate of drug-likeness (QED) is 0.691. The fourth-order valence-electron chi connectivity index (χ4n) is 5.00. The highest BCUT2D eigenvalue weighted by Crippen LogP contribution is 2.33. The summed E-state index contributed by atoms with van der Waals surface area (Å²) < 4.78 is 27.3. The van der Waals surface area contributed by atoms with Gasteiger partial charge >= 0.3 is 6.03 Å². The van der Waals surface area contributed by atoms with E-state index in [1.54, 1.807) is 24.3 Å². The van der Waals surface area contributed by atoms with Gasteiger partial charge in [-0.15, -0.1) is 0 Å². The van der Waals surface area contributed by atoms with E-state index in [4.69, 9.17) is 0 Å². The summed E-state index contributed by atoms with van der Waals surface area (Å²) in [5.74, 6) is -0.184. The number of sulfonamides is 1. The van der Waals surface area contributed by atoms with Crippen LogP contribution in [0.3, 0.4) is 0 Å². The van der Waals surface area contributed by atoms with Gasteiger partial charge in [0.25, 0.3) is 5.91 Å². The molecule has 2 fully saturated rings. The maximum atomic E-state index is 13.3. The lowest BCUT2D eigenvalue weighted by Gasteiger charge is -2.36. The molecule has 5 rings (SSSR count). The number of urea groups is 1. The van der Waals surface area contributed by atoms with E-state index in [-0.39, 0.29) is 23.5 Å². The molecule has 2 aromatic rings. The van der Waals surface area contributed by atoms with Crippen molar-refractivity contribution in [3.8, 4) is 0 Å². The van der Waals surface area contributed by atoms with Crippen LogP contribution in [0, 0.1) is 6.92 Å². The zero-order chi connectivity index (χ0) is 23.2. The van der Waals surface area contributed by atoms with Gasteiger partial charge in [0.1, 0.15) is 5.54 Å². The van der Waals surface area contributed by atoms with Gasteiger partial charge in [0, 0.05) is 32.6 Å². The maximum absolute atomic E-state index is 13.3. The number of imide groups is 1. The minimum absolute atomic E-state index is 0.173. The summed E-state index contributed by atoms with van der Waals surface area (Å²) in [6.07, 6.45) is 1.85. The van der Waals surface area contributed by atoms with Crippen LogP contribution in [-0.2, 0) is 27.7 Å². The van der Waals surface area contributed by atoms with Crippen molar-refractivity contribution in [2.45, 2.75) is 36.6 Å². The van der Waals surface area contributed by atoms with E-state index in [1.807, 2.05) is 30.0 Å². The first-order valence-electron chi connectivity index (χ1n) is 11.3. The molecule has 1 aliphatic carbocycles. The first kappa shape index (κ1) is 22.1. The van der Waals surface area contributed by atoms with Gasteiger partial charge in [-0.3, -0.25) is 9.69 Å². The number of benzene rings is 2. The molecule has 1 atom stereocenters. The smallest absolute Gasteiger partial charge is 0.323 e. The Morgan fingerprint density at radius 2 is 1.61 bits per heavy atom. The Kier molecular flexibility index (Phi) is 5.50. The first-order chi connectivity index (χ1) is 15.8. The van der Waals surface area contributed by atoms with Crippen molar-refractivity contribution in [1.29, 1.82) is 0 Å². The molecule has 0 saturated carbocycles. The molecular weight excluding hydrogens is 440 g/mol. The van der Waals surface area contributed by atoms with E-state index in [0.717, 1.165) is 17.5 Å². The summed E-state index contributed by atoms with van der Waals surface area (Å²) in [6, 6.07) is 14.5. The average molecular weight is 469 g/mol. The number of aryl methyl sites for hydroxylation is 2. The minimum Gasteiger partial charge on any atom is -0.323 e. The molecule has 2 aromatic carbocycles. The van der Waals surface area contributed by atoms with Gasteiger partial charge in [0.05, 0.1) is 11.6 Å². The number of hydrogen-bond donors (Lipinski definition) is 1. The molecule has 2 saturated heterocycles. The Bertz CT molecular complexity index is 1190. The van der Waals surface area contributed by atoms with Crippen LogP contribution in [0.4, 0.5) is 4.79 Å². The number of nitrogens with zero attached hydrogens (tertiary/aromatic N) is 3. The Morgan fingerprint density at radius 1 is 0.939 bits per heavy atom. The Morgan fingerprint density at radius 3 is 2.30 bits per heavy atom. The maximum Gasteiger partial charge on any atom is 0.326 e. The molecule has 3 amide bonds. The summed E-state index contributed by atoms with van der Waals surface area (Å²) in [4.78, 5) is 29.6. The lowest BCUT2D eigenvalue weighted by molar-refractivity contribution is -0.133. The standard InChI is InChI=1S/C24H28N4O4S/c1-18-6-8-21(9-7-18)33(31,32)27-14-12-26(13-15-27)17-28-22(29)24(25-23(28)30)11-10-19-4-2-3-5-20(19)16-24/h2-9H,10-17H2,1H3,(H,25,30). The van der Waals surface area contributed by atoms with E-state index in [1.165, 1.54) is 14.8 Å². The lowest BCUT2D eigenvalue weighted by Crippen LogP contribution is -2.54. The highest BCUT2D eigenvalue weighted by Gasteiger charge is 2.52. The summed E-state index contributed by atoms with van der Waals surface area (Å²) in [5, 5.41) is 2.96. The van der Waals surface area contributed by atoms with Crippen LogP contribution in [0.15, 0.2) is 53.4 Å². The number of fused-ring (bicyclic) bond motifs is 1. The van der Waals surface area contributed by atoms with Gasteiger partial charge in [0.15, 0.2) is 0 Å². The average Bonchev–Trinajstić information content (AvgIpc) is 3.03. The molecule has 0 radical (unpaired) electrons.